The summed E-state index contributed by atoms with van der Waals surface area (Å²) in [6.07, 6.45) is 5.44. The van der Waals surface area contributed by atoms with E-state index in [2.05, 4.69) is 6.92 Å². The SMILES string of the molecule is CC1CC1c1ccc(/C=C/C(=O)N2CCCC2C(=O)O)o1. The number of amides is 1. The second kappa shape index (κ2) is 5.39. The third kappa shape index (κ3) is 2.86. The molecule has 0 spiro atoms. The first-order valence-electron chi connectivity index (χ1n) is 7.37. The van der Waals surface area contributed by atoms with Crippen molar-refractivity contribution in [3.8, 4) is 0 Å². The molecule has 1 aliphatic heterocycles. The topological polar surface area (TPSA) is 70.8 Å². The summed E-state index contributed by atoms with van der Waals surface area (Å²) in [6.45, 7) is 2.69. The number of hydrogen-bond donors (Lipinski definition) is 1. The summed E-state index contributed by atoms with van der Waals surface area (Å²) >= 11 is 0. The van der Waals surface area contributed by atoms with Crippen molar-refractivity contribution < 1.29 is 19.1 Å². The molecule has 1 saturated carbocycles. The number of likely N-dealkylation sites (tertiary alicyclic amines) is 1. The van der Waals surface area contributed by atoms with Crippen LogP contribution in [0.15, 0.2) is 22.6 Å². The van der Waals surface area contributed by atoms with E-state index >= 15 is 0 Å². The number of nitrogens with zero attached hydrogens (tertiary/aromatic N) is 1. The van der Waals surface area contributed by atoms with E-state index in [0.29, 0.717) is 30.6 Å². The molecule has 1 N–H and O–H groups in total. The van der Waals surface area contributed by atoms with Gasteiger partial charge < -0.3 is 14.4 Å². The number of hydrogen-bond acceptors (Lipinski definition) is 3. The molecule has 2 fully saturated rings. The van der Waals surface area contributed by atoms with Crippen LogP contribution in [0.25, 0.3) is 6.08 Å². The second-order valence-electron chi connectivity index (χ2n) is 5.92. The van der Waals surface area contributed by atoms with E-state index in [1.807, 2.05) is 12.1 Å². The van der Waals surface area contributed by atoms with Crippen LogP contribution in [0.5, 0.6) is 0 Å². The van der Waals surface area contributed by atoms with E-state index in [-0.39, 0.29) is 5.91 Å². The fourth-order valence-corrected chi connectivity index (χ4v) is 2.91. The Morgan fingerprint density at radius 1 is 1.43 bits per heavy atom. The van der Waals surface area contributed by atoms with Crippen LogP contribution in [0.3, 0.4) is 0 Å². The maximum atomic E-state index is 12.1. The van der Waals surface area contributed by atoms with Crippen LogP contribution in [0, 0.1) is 5.92 Å². The van der Waals surface area contributed by atoms with Crippen molar-refractivity contribution in [2.45, 2.75) is 38.1 Å². The highest BCUT2D eigenvalue weighted by molar-refractivity contribution is 5.94. The third-order valence-electron chi connectivity index (χ3n) is 4.33. The van der Waals surface area contributed by atoms with Crippen molar-refractivity contribution in [1.29, 1.82) is 0 Å². The minimum atomic E-state index is -0.933. The number of carboxylic acids is 1. The molecule has 1 aromatic heterocycles. The average molecular weight is 289 g/mol. The van der Waals surface area contributed by atoms with Gasteiger partial charge in [0.2, 0.25) is 5.91 Å². The lowest BCUT2D eigenvalue weighted by Gasteiger charge is -2.19. The maximum Gasteiger partial charge on any atom is 0.326 e. The van der Waals surface area contributed by atoms with E-state index in [9.17, 15) is 9.59 Å². The van der Waals surface area contributed by atoms with Crippen LogP contribution >= 0.6 is 0 Å². The third-order valence-corrected chi connectivity index (χ3v) is 4.33. The van der Waals surface area contributed by atoms with Gasteiger partial charge in [-0.1, -0.05) is 6.92 Å². The molecule has 0 bridgehead atoms. The van der Waals surface area contributed by atoms with Crippen molar-refractivity contribution in [3.05, 3.63) is 29.7 Å². The van der Waals surface area contributed by atoms with Gasteiger partial charge >= 0.3 is 5.97 Å². The highest BCUT2D eigenvalue weighted by Gasteiger charge is 2.36. The van der Waals surface area contributed by atoms with E-state index in [1.165, 1.54) is 11.0 Å². The van der Waals surface area contributed by atoms with Crippen molar-refractivity contribution >= 4 is 18.0 Å². The van der Waals surface area contributed by atoms with E-state index in [0.717, 1.165) is 18.6 Å². The number of rotatable bonds is 4. The van der Waals surface area contributed by atoms with Gasteiger partial charge in [0.1, 0.15) is 17.6 Å². The van der Waals surface area contributed by atoms with Gasteiger partial charge in [-0.3, -0.25) is 4.79 Å². The van der Waals surface area contributed by atoms with Crippen molar-refractivity contribution in [3.63, 3.8) is 0 Å². The minimum absolute atomic E-state index is 0.266. The largest absolute Gasteiger partial charge is 0.480 e. The molecule has 2 aliphatic rings. The lowest BCUT2D eigenvalue weighted by Crippen LogP contribution is -2.39. The summed E-state index contributed by atoms with van der Waals surface area (Å²) < 4.78 is 5.69. The Morgan fingerprint density at radius 3 is 2.86 bits per heavy atom. The first-order chi connectivity index (χ1) is 10.1. The minimum Gasteiger partial charge on any atom is -0.480 e. The molecule has 5 heteroatoms. The van der Waals surface area contributed by atoms with Gasteiger partial charge in [0, 0.05) is 18.5 Å². The Morgan fingerprint density at radius 2 is 2.19 bits per heavy atom. The summed E-state index contributed by atoms with van der Waals surface area (Å²) in [7, 11) is 0. The van der Waals surface area contributed by atoms with Crippen LogP contribution in [0.2, 0.25) is 0 Å². The zero-order valence-corrected chi connectivity index (χ0v) is 12.0. The van der Waals surface area contributed by atoms with Gasteiger partial charge in [-0.25, -0.2) is 4.79 Å². The molecule has 3 unspecified atom stereocenters. The van der Waals surface area contributed by atoms with E-state index < -0.39 is 12.0 Å². The number of carboxylic acid groups (broad SMARTS) is 1. The van der Waals surface area contributed by atoms with Gasteiger partial charge in [0.25, 0.3) is 0 Å². The summed E-state index contributed by atoms with van der Waals surface area (Å²) in [5.41, 5.74) is 0. The molecular formula is C16H19NO4. The maximum absolute atomic E-state index is 12.1. The standard InChI is InChI=1S/C16H19NO4/c1-10-9-12(10)14-6-4-11(21-14)5-7-15(18)17-8-2-3-13(17)16(19)20/h4-7,10,12-13H,2-3,8-9H2,1H3,(H,19,20)/b7-5+. The Kier molecular flexibility index (Phi) is 3.57. The Bertz CT molecular complexity index is 589. The predicted molar refractivity (Wildman–Crippen MR) is 76.6 cm³/mol. The monoisotopic (exact) mass is 289 g/mol. The first kappa shape index (κ1) is 13.9. The zero-order valence-electron chi connectivity index (χ0n) is 12.0. The number of carbonyl (C=O) groups excluding carboxylic acids is 1. The molecule has 5 nitrogen and oxygen atoms in total. The normalized spacial score (nSPS) is 28.2. The van der Waals surface area contributed by atoms with Crippen LogP contribution < -0.4 is 0 Å². The predicted octanol–water partition coefficient (Wildman–Crippen LogP) is 2.49. The Labute approximate surface area is 123 Å². The highest BCUT2D eigenvalue weighted by Crippen LogP contribution is 2.47. The molecule has 1 aliphatic carbocycles. The van der Waals surface area contributed by atoms with Crippen LogP contribution in [-0.4, -0.2) is 34.5 Å². The van der Waals surface area contributed by atoms with Crippen LogP contribution in [-0.2, 0) is 9.59 Å². The number of carbonyl (C=O) groups is 2. The highest BCUT2D eigenvalue weighted by atomic mass is 16.4. The summed E-state index contributed by atoms with van der Waals surface area (Å²) in [5.74, 6) is 1.60. The van der Waals surface area contributed by atoms with Crippen molar-refractivity contribution in [2.75, 3.05) is 6.54 Å². The lowest BCUT2D eigenvalue weighted by molar-refractivity contribution is -0.146. The van der Waals surface area contributed by atoms with Crippen molar-refractivity contribution in [2.24, 2.45) is 5.92 Å². The molecule has 2 heterocycles. The molecule has 112 valence electrons. The summed E-state index contributed by atoms with van der Waals surface area (Å²) in [6, 6.07) is 3.11. The first-order valence-corrected chi connectivity index (χ1v) is 7.37. The Hall–Kier alpha value is -2.04. The summed E-state index contributed by atoms with van der Waals surface area (Å²) in [4.78, 5) is 24.6. The molecule has 1 aromatic rings. The number of furan rings is 1. The van der Waals surface area contributed by atoms with E-state index in [4.69, 9.17) is 9.52 Å². The van der Waals surface area contributed by atoms with Crippen LogP contribution in [0.4, 0.5) is 0 Å². The smallest absolute Gasteiger partial charge is 0.326 e. The van der Waals surface area contributed by atoms with Gasteiger partial charge in [-0.05, 0) is 43.4 Å². The average Bonchev–Trinajstić information content (AvgIpc) is 2.90. The molecule has 21 heavy (non-hydrogen) atoms. The fourth-order valence-electron chi connectivity index (χ4n) is 2.91. The molecule has 0 radical (unpaired) electrons. The lowest BCUT2D eigenvalue weighted by atomic mass is 10.2. The second-order valence-corrected chi connectivity index (χ2v) is 5.92. The number of aliphatic carboxylic acids is 1. The van der Waals surface area contributed by atoms with Crippen molar-refractivity contribution in [1.82, 2.24) is 4.90 Å². The van der Waals surface area contributed by atoms with Gasteiger partial charge in [-0.15, -0.1) is 0 Å². The molecule has 3 atom stereocenters. The van der Waals surface area contributed by atoms with Gasteiger partial charge in [0.05, 0.1) is 0 Å². The Balaban J connectivity index is 1.64. The van der Waals surface area contributed by atoms with Gasteiger partial charge in [0.15, 0.2) is 0 Å². The zero-order chi connectivity index (χ0) is 15.0. The molecule has 1 saturated heterocycles. The van der Waals surface area contributed by atoms with Crippen LogP contribution in [0.1, 0.15) is 43.6 Å². The summed E-state index contributed by atoms with van der Waals surface area (Å²) in [5, 5.41) is 9.08. The molecule has 3 rings (SSSR count). The van der Waals surface area contributed by atoms with Gasteiger partial charge in [-0.2, -0.15) is 0 Å². The molecule has 0 aromatic carbocycles. The fraction of sp³-hybridized carbons (Fsp3) is 0.500. The molecular weight excluding hydrogens is 270 g/mol. The molecule has 1 amide bonds. The van der Waals surface area contributed by atoms with E-state index in [1.54, 1.807) is 6.08 Å². The quantitative estimate of drug-likeness (QED) is 0.864.